The Bertz CT molecular complexity index is 858. The predicted octanol–water partition coefficient (Wildman–Crippen LogP) is 2.05. The van der Waals surface area contributed by atoms with Gasteiger partial charge in [-0.2, -0.15) is 0 Å². The molecule has 162 valence electrons. The highest BCUT2D eigenvalue weighted by atomic mass is 16.3. The van der Waals surface area contributed by atoms with Crippen molar-refractivity contribution < 1.29 is 14.3 Å². The zero-order valence-corrected chi connectivity index (χ0v) is 17.4. The number of rotatable bonds is 6. The van der Waals surface area contributed by atoms with E-state index in [1.165, 1.54) is 6.42 Å². The fraction of sp³-hybridized carbons (Fsp3) is 0.682. The van der Waals surface area contributed by atoms with Crippen LogP contribution in [0.15, 0.2) is 29.0 Å². The summed E-state index contributed by atoms with van der Waals surface area (Å²) in [7, 11) is 0. The van der Waals surface area contributed by atoms with E-state index in [0.717, 1.165) is 63.9 Å². The summed E-state index contributed by atoms with van der Waals surface area (Å²) in [6.07, 6.45) is 10.5. The highest BCUT2D eigenvalue weighted by Crippen LogP contribution is 2.38. The summed E-state index contributed by atoms with van der Waals surface area (Å²) < 4.78 is 7.20. The molecule has 2 unspecified atom stereocenters. The van der Waals surface area contributed by atoms with E-state index in [2.05, 4.69) is 20.5 Å². The summed E-state index contributed by atoms with van der Waals surface area (Å²) in [6.45, 7) is 3.04. The van der Waals surface area contributed by atoms with Crippen molar-refractivity contribution in [1.29, 1.82) is 0 Å². The molecule has 2 N–H and O–H groups in total. The van der Waals surface area contributed by atoms with Crippen molar-refractivity contribution in [3.63, 3.8) is 0 Å². The molecule has 1 aliphatic carbocycles. The van der Waals surface area contributed by atoms with Gasteiger partial charge in [0, 0.05) is 12.6 Å². The molecule has 8 heteroatoms. The van der Waals surface area contributed by atoms with Crippen LogP contribution in [0.3, 0.4) is 0 Å². The zero-order valence-electron chi connectivity index (χ0n) is 17.4. The molecule has 4 atom stereocenters. The number of aliphatic hydroxyl groups is 1. The molecule has 1 saturated carbocycles. The van der Waals surface area contributed by atoms with Crippen LogP contribution in [0.25, 0.3) is 0 Å². The topological polar surface area (TPSA) is 96.4 Å². The van der Waals surface area contributed by atoms with Gasteiger partial charge in [0.2, 0.25) is 5.91 Å². The van der Waals surface area contributed by atoms with Gasteiger partial charge in [-0.3, -0.25) is 14.4 Å². The van der Waals surface area contributed by atoms with Crippen LogP contribution in [0.5, 0.6) is 0 Å². The monoisotopic (exact) mass is 413 g/mol. The quantitative estimate of drug-likeness (QED) is 0.752. The third-order valence-corrected chi connectivity index (χ3v) is 7.33. The lowest BCUT2D eigenvalue weighted by molar-refractivity contribution is -0.133. The lowest BCUT2D eigenvalue weighted by atomic mass is 9.75. The maximum atomic E-state index is 12.7. The zero-order chi connectivity index (χ0) is 20.6. The van der Waals surface area contributed by atoms with E-state index in [0.29, 0.717) is 24.2 Å². The molecule has 2 bridgehead atoms. The number of fused-ring (bicyclic) bond motifs is 3. The Hall–Kier alpha value is -2.19. The van der Waals surface area contributed by atoms with Gasteiger partial charge in [-0.15, -0.1) is 5.10 Å². The minimum atomic E-state index is -0.806. The van der Waals surface area contributed by atoms with Crippen molar-refractivity contribution in [3.05, 3.63) is 36.0 Å². The van der Waals surface area contributed by atoms with Crippen LogP contribution in [-0.4, -0.2) is 50.0 Å². The molecule has 6 rings (SSSR count). The molecule has 5 heterocycles. The molecule has 4 aliphatic rings. The molecule has 4 fully saturated rings. The number of piperidine rings is 3. The minimum absolute atomic E-state index is 0.0409. The van der Waals surface area contributed by atoms with Crippen molar-refractivity contribution >= 4 is 5.91 Å². The fourth-order valence-corrected chi connectivity index (χ4v) is 5.55. The molecule has 2 aromatic heterocycles. The summed E-state index contributed by atoms with van der Waals surface area (Å²) in [5, 5.41) is 22.6. The normalized spacial score (nSPS) is 30.3. The highest BCUT2D eigenvalue weighted by molar-refractivity contribution is 5.79. The number of amides is 1. The van der Waals surface area contributed by atoms with Crippen LogP contribution in [0.4, 0.5) is 0 Å². The summed E-state index contributed by atoms with van der Waals surface area (Å²) in [6, 6.07) is 4.08. The number of aromatic nitrogens is 3. The average molecular weight is 414 g/mol. The Kier molecular flexibility index (Phi) is 5.37. The standard InChI is InChI=1S/C22H31N5O3/c28-21(23-12-18-5-4-10-30-18)19-14-26-9-6-16(19)11-17(26)13-27-15-20(24-25-27)22(29)7-2-1-3-8-22/h4-5,10,15-17,19,29H,1-3,6-9,11-14H2,(H,23,28)/t16?,17-,19+/m1/s1. The van der Waals surface area contributed by atoms with E-state index in [9.17, 15) is 9.90 Å². The van der Waals surface area contributed by atoms with Crippen LogP contribution in [0, 0.1) is 11.8 Å². The van der Waals surface area contributed by atoms with Gasteiger partial charge < -0.3 is 14.8 Å². The molecule has 0 spiro atoms. The fourth-order valence-electron chi connectivity index (χ4n) is 5.55. The lowest BCUT2D eigenvalue weighted by Gasteiger charge is -2.49. The Labute approximate surface area is 176 Å². The second-order valence-electron chi connectivity index (χ2n) is 9.25. The molecule has 3 saturated heterocycles. The molecular formula is C22H31N5O3. The van der Waals surface area contributed by atoms with Gasteiger partial charge in [-0.25, -0.2) is 0 Å². The summed E-state index contributed by atoms with van der Waals surface area (Å²) in [5.74, 6) is 1.35. The number of nitrogens with one attached hydrogen (secondary N) is 1. The van der Waals surface area contributed by atoms with E-state index < -0.39 is 5.60 Å². The Morgan fingerprint density at radius 2 is 2.20 bits per heavy atom. The van der Waals surface area contributed by atoms with E-state index >= 15 is 0 Å². The molecule has 2 aromatic rings. The first-order valence-electron chi connectivity index (χ1n) is 11.3. The molecule has 0 radical (unpaired) electrons. The van der Waals surface area contributed by atoms with Crippen molar-refractivity contribution in [2.45, 2.75) is 69.7 Å². The van der Waals surface area contributed by atoms with E-state index in [-0.39, 0.29) is 11.8 Å². The van der Waals surface area contributed by atoms with Gasteiger partial charge in [0.05, 0.1) is 31.5 Å². The first-order chi connectivity index (χ1) is 14.6. The van der Waals surface area contributed by atoms with Gasteiger partial charge in [0.25, 0.3) is 0 Å². The van der Waals surface area contributed by atoms with Crippen LogP contribution < -0.4 is 5.32 Å². The summed E-state index contributed by atoms with van der Waals surface area (Å²) in [5.41, 5.74) is -0.0900. The molecule has 0 aromatic carbocycles. The maximum Gasteiger partial charge on any atom is 0.225 e. The van der Waals surface area contributed by atoms with Gasteiger partial charge in [-0.1, -0.05) is 24.5 Å². The van der Waals surface area contributed by atoms with Crippen molar-refractivity contribution in [2.75, 3.05) is 13.1 Å². The van der Waals surface area contributed by atoms with Gasteiger partial charge in [-0.05, 0) is 50.3 Å². The van der Waals surface area contributed by atoms with E-state index in [1.807, 2.05) is 23.0 Å². The van der Waals surface area contributed by atoms with Crippen LogP contribution in [0.1, 0.15) is 56.4 Å². The van der Waals surface area contributed by atoms with Crippen molar-refractivity contribution in [2.24, 2.45) is 11.8 Å². The summed E-state index contributed by atoms with van der Waals surface area (Å²) >= 11 is 0. The average Bonchev–Trinajstić information content (AvgIpc) is 3.45. The van der Waals surface area contributed by atoms with Crippen molar-refractivity contribution in [3.8, 4) is 0 Å². The van der Waals surface area contributed by atoms with Gasteiger partial charge in [0.15, 0.2) is 0 Å². The minimum Gasteiger partial charge on any atom is -0.467 e. The SMILES string of the molecule is O=C(NCc1ccco1)[C@H]1CN2CCC1C[C@@H]2Cn1cc(C2(O)CCCCC2)nn1. The molecular weight excluding hydrogens is 382 g/mol. The Balaban J connectivity index is 1.18. The number of hydrogen-bond donors (Lipinski definition) is 2. The Morgan fingerprint density at radius 3 is 2.93 bits per heavy atom. The Morgan fingerprint density at radius 1 is 1.33 bits per heavy atom. The third-order valence-electron chi connectivity index (χ3n) is 7.33. The molecule has 1 amide bonds. The molecule has 30 heavy (non-hydrogen) atoms. The number of carbonyl (C=O) groups is 1. The number of hydrogen-bond acceptors (Lipinski definition) is 6. The van der Waals surface area contributed by atoms with E-state index in [1.54, 1.807) is 6.26 Å². The second kappa shape index (κ2) is 8.15. The van der Waals surface area contributed by atoms with Gasteiger partial charge >= 0.3 is 0 Å². The maximum absolute atomic E-state index is 12.7. The van der Waals surface area contributed by atoms with Crippen molar-refractivity contribution in [1.82, 2.24) is 25.2 Å². The first kappa shape index (κ1) is 19.8. The molecule has 3 aliphatic heterocycles. The lowest BCUT2D eigenvalue weighted by Crippen LogP contribution is -2.58. The largest absolute Gasteiger partial charge is 0.467 e. The number of carbonyl (C=O) groups excluding carboxylic acids is 1. The van der Waals surface area contributed by atoms with Crippen LogP contribution in [-0.2, 0) is 23.5 Å². The van der Waals surface area contributed by atoms with Crippen LogP contribution >= 0.6 is 0 Å². The highest BCUT2D eigenvalue weighted by Gasteiger charge is 2.43. The third kappa shape index (κ3) is 3.90. The van der Waals surface area contributed by atoms with Gasteiger partial charge in [0.1, 0.15) is 17.1 Å². The second-order valence-corrected chi connectivity index (χ2v) is 9.25. The predicted molar refractivity (Wildman–Crippen MR) is 109 cm³/mol. The number of nitrogens with zero attached hydrogens (tertiary/aromatic N) is 4. The first-order valence-corrected chi connectivity index (χ1v) is 11.3. The smallest absolute Gasteiger partial charge is 0.225 e. The number of furan rings is 1. The molecule has 8 nitrogen and oxygen atoms in total. The summed E-state index contributed by atoms with van der Waals surface area (Å²) in [4.78, 5) is 15.2. The van der Waals surface area contributed by atoms with E-state index in [4.69, 9.17) is 4.42 Å². The van der Waals surface area contributed by atoms with Crippen LogP contribution in [0.2, 0.25) is 0 Å².